The van der Waals surface area contributed by atoms with Crippen LogP contribution in [0.1, 0.15) is 34.7 Å². The van der Waals surface area contributed by atoms with Crippen LogP contribution in [-0.4, -0.2) is 20.6 Å². The molecule has 0 amide bonds. The van der Waals surface area contributed by atoms with Crippen LogP contribution in [0.4, 0.5) is 0 Å². The molecule has 0 aliphatic rings. The van der Waals surface area contributed by atoms with Crippen LogP contribution in [0.15, 0.2) is 194 Å². The third-order valence-electron chi connectivity index (χ3n) is 11.0. The molecule has 0 saturated carbocycles. The third-order valence-corrected chi connectivity index (χ3v) is 11.0. The first kappa shape index (κ1) is 36.9. The van der Waals surface area contributed by atoms with Gasteiger partial charge in [-0.15, -0.1) is 0 Å². The number of aromatic nitrogens is 2. The van der Waals surface area contributed by atoms with Gasteiger partial charge in [0.1, 0.15) is 5.84 Å². The number of para-hydroxylation sites is 2. The van der Waals surface area contributed by atoms with E-state index >= 15 is 0 Å². The van der Waals surface area contributed by atoms with E-state index in [1.165, 1.54) is 43.7 Å². The average Bonchev–Trinajstić information content (AvgIpc) is 3.84. The molecule has 0 bridgehead atoms. The number of amidine groups is 2. The van der Waals surface area contributed by atoms with Crippen molar-refractivity contribution >= 4 is 73.0 Å². The van der Waals surface area contributed by atoms with E-state index in [1.54, 1.807) is 0 Å². The molecule has 0 aliphatic heterocycles. The van der Waals surface area contributed by atoms with Gasteiger partial charge in [0.2, 0.25) is 0 Å². The summed E-state index contributed by atoms with van der Waals surface area (Å²) in [4.78, 5) is 4.40. The number of pyridine rings is 1. The molecule has 10 aromatic rings. The van der Waals surface area contributed by atoms with Crippen LogP contribution in [0.2, 0.25) is 0 Å². The lowest BCUT2D eigenvalue weighted by Gasteiger charge is -2.13. The average molecular weight is 762 g/mol. The Balaban J connectivity index is 0.000000583. The molecule has 0 spiro atoms. The van der Waals surface area contributed by atoms with Crippen LogP contribution in [-0.2, 0) is 0 Å². The topological polar surface area (TPSA) is 71.6 Å². The predicted octanol–water partition coefficient (Wildman–Crippen LogP) is 13.4. The number of nitrogens with one attached hydrogen (secondary N) is 1. The Morgan fingerprint density at radius 2 is 1.27 bits per heavy atom. The molecule has 0 unspecified atom stereocenters. The van der Waals surface area contributed by atoms with E-state index in [0.717, 1.165) is 44.5 Å². The maximum absolute atomic E-state index is 8.66. The van der Waals surface area contributed by atoms with Crippen LogP contribution in [0.3, 0.4) is 0 Å². The second-order valence-electron chi connectivity index (χ2n) is 14.7. The SMILES string of the molecule is C=Cc1c(/C=C\C)c2ccccc2n2c1cc1ccc3c(c4ccccc4n3-c3ccc(-c4cccc(C(=N)N=C(N)c5ccccc5)c4)cc3)c12.Cc1ccccc1. The molecule has 5 nitrogen and oxygen atoms in total. The number of nitrogens with zero attached hydrogens (tertiary/aromatic N) is 3. The van der Waals surface area contributed by atoms with E-state index in [9.17, 15) is 0 Å². The highest BCUT2D eigenvalue weighted by atomic mass is 15.0. The number of fused-ring (bicyclic) bond motifs is 9. The van der Waals surface area contributed by atoms with Gasteiger partial charge in [-0.2, -0.15) is 0 Å². The minimum Gasteiger partial charge on any atom is -0.383 e. The van der Waals surface area contributed by atoms with Gasteiger partial charge in [0.05, 0.1) is 27.6 Å². The summed E-state index contributed by atoms with van der Waals surface area (Å²) < 4.78 is 4.80. The van der Waals surface area contributed by atoms with E-state index < -0.39 is 0 Å². The van der Waals surface area contributed by atoms with Crippen LogP contribution in [0, 0.1) is 12.3 Å². The second kappa shape index (κ2) is 15.6. The summed E-state index contributed by atoms with van der Waals surface area (Å²) in [5, 5.41) is 13.5. The van der Waals surface area contributed by atoms with Crippen molar-refractivity contribution in [3.63, 3.8) is 0 Å². The number of allylic oxidation sites excluding steroid dienone is 1. The number of benzene rings is 7. The van der Waals surface area contributed by atoms with Crippen molar-refractivity contribution in [2.45, 2.75) is 13.8 Å². The van der Waals surface area contributed by atoms with Crippen LogP contribution >= 0.6 is 0 Å². The number of nitrogens with two attached hydrogens (primary N) is 1. The molecular formula is C54H43N5. The first-order valence-corrected chi connectivity index (χ1v) is 19.8. The van der Waals surface area contributed by atoms with Gasteiger partial charge >= 0.3 is 0 Å². The number of hydrogen-bond acceptors (Lipinski definition) is 1. The molecule has 5 heteroatoms. The summed E-state index contributed by atoms with van der Waals surface area (Å²) in [6.07, 6.45) is 6.28. The maximum Gasteiger partial charge on any atom is 0.154 e. The zero-order valence-electron chi connectivity index (χ0n) is 33.1. The maximum atomic E-state index is 8.66. The Kier molecular flexibility index (Phi) is 9.77. The highest BCUT2D eigenvalue weighted by Gasteiger charge is 2.20. The smallest absolute Gasteiger partial charge is 0.154 e. The minimum atomic E-state index is 0.125. The summed E-state index contributed by atoms with van der Waals surface area (Å²) in [6.45, 7) is 8.40. The van der Waals surface area contributed by atoms with Crippen molar-refractivity contribution in [3.05, 3.63) is 216 Å². The van der Waals surface area contributed by atoms with Crippen molar-refractivity contribution in [2.75, 3.05) is 0 Å². The fourth-order valence-electron chi connectivity index (χ4n) is 8.26. The summed E-state index contributed by atoms with van der Waals surface area (Å²) >= 11 is 0. The van der Waals surface area contributed by atoms with E-state index in [0.29, 0.717) is 11.4 Å². The molecule has 0 radical (unpaired) electrons. The molecular weight excluding hydrogens is 719 g/mol. The minimum absolute atomic E-state index is 0.125. The zero-order valence-corrected chi connectivity index (χ0v) is 33.1. The largest absolute Gasteiger partial charge is 0.383 e. The lowest BCUT2D eigenvalue weighted by Crippen LogP contribution is -2.15. The standard InChI is InChI=1S/C47H35N5.C7H8/c1-3-13-37-36(4-2)43-29-33-24-27-42-44(45(33)52(43)40-20-10-8-18-38(37)40)39-19-9-11-21-41(39)51(42)35-25-22-30(23-26-35)32-16-12-17-34(28-32)47(49)50-46(48)31-14-6-5-7-15-31;1-7-5-3-2-4-6-7/h3-29H,2H2,1H3,(H3,48,49,50);2-6H,1H3/b13-3-;. The van der Waals surface area contributed by atoms with Gasteiger partial charge in [0.15, 0.2) is 5.84 Å². The van der Waals surface area contributed by atoms with Gasteiger partial charge in [-0.3, -0.25) is 5.41 Å². The van der Waals surface area contributed by atoms with E-state index in [2.05, 4.69) is 156 Å². The molecule has 7 aromatic carbocycles. The van der Waals surface area contributed by atoms with Crippen LogP contribution < -0.4 is 5.73 Å². The van der Waals surface area contributed by atoms with E-state index in [4.69, 9.17) is 11.1 Å². The fraction of sp³-hybridized carbons (Fsp3) is 0.0370. The van der Waals surface area contributed by atoms with Crippen molar-refractivity contribution in [3.8, 4) is 16.8 Å². The molecule has 284 valence electrons. The molecule has 0 fully saturated rings. The Morgan fingerprint density at radius 1 is 0.610 bits per heavy atom. The molecule has 0 atom stereocenters. The summed E-state index contributed by atoms with van der Waals surface area (Å²) in [5.41, 5.74) is 20.3. The molecule has 59 heavy (non-hydrogen) atoms. The monoisotopic (exact) mass is 761 g/mol. The number of aryl methyl sites for hydroxylation is 1. The highest BCUT2D eigenvalue weighted by Crippen LogP contribution is 2.41. The Bertz CT molecular complexity index is 3250. The first-order valence-electron chi connectivity index (χ1n) is 19.8. The van der Waals surface area contributed by atoms with E-state index in [-0.39, 0.29) is 5.84 Å². The van der Waals surface area contributed by atoms with Gasteiger partial charge in [0.25, 0.3) is 0 Å². The fourth-order valence-corrected chi connectivity index (χ4v) is 8.26. The summed E-state index contributed by atoms with van der Waals surface area (Å²) in [7, 11) is 0. The highest BCUT2D eigenvalue weighted by molar-refractivity contribution is 6.22. The second-order valence-corrected chi connectivity index (χ2v) is 14.7. The Hall–Kier alpha value is -7.76. The van der Waals surface area contributed by atoms with Crippen molar-refractivity contribution in [1.82, 2.24) is 8.97 Å². The molecule has 3 N–H and O–H groups in total. The first-order chi connectivity index (χ1) is 28.9. The van der Waals surface area contributed by atoms with Crippen molar-refractivity contribution < 1.29 is 0 Å². The Morgan fingerprint density at radius 3 is 1.97 bits per heavy atom. The van der Waals surface area contributed by atoms with Crippen LogP contribution in [0.25, 0.3) is 78.1 Å². The number of aliphatic imine (C=N–C) groups is 1. The van der Waals surface area contributed by atoms with Crippen molar-refractivity contribution in [1.29, 1.82) is 5.41 Å². The summed E-state index contributed by atoms with van der Waals surface area (Å²) in [6, 6.07) is 60.6. The van der Waals surface area contributed by atoms with Gasteiger partial charge in [0, 0.05) is 43.9 Å². The predicted molar refractivity (Wildman–Crippen MR) is 252 cm³/mol. The quantitative estimate of drug-likeness (QED) is 0.129. The molecule has 3 aromatic heterocycles. The van der Waals surface area contributed by atoms with E-state index in [1.807, 2.05) is 72.8 Å². The zero-order chi connectivity index (χ0) is 40.5. The molecule has 3 heterocycles. The number of hydrogen-bond donors (Lipinski definition) is 2. The lowest BCUT2D eigenvalue weighted by atomic mass is 10.0. The van der Waals surface area contributed by atoms with Gasteiger partial charge < -0.3 is 14.7 Å². The van der Waals surface area contributed by atoms with Crippen molar-refractivity contribution in [2.24, 2.45) is 10.7 Å². The Labute approximate surface area is 343 Å². The van der Waals surface area contributed by atoms with Gasteiger partial charge in [-0.1, -0.05) is 164 Å². The molecule has 10 rings (SSSR count). The molecule has 0 saturated heterocycles. The van der Waals surface area contributed by atoms with Gasteiger partial charge in [-0.25, -0.2) is 4.99 Å². The number of rotatable bonds is 6. The molecule has 0 aliphatic carbocycles. The third kappa shape index (κ3) is 6.69. The van der Waals surface area contributed by atoms with Crippen LogP contribution in [0.5, 0.6) is 0 Å². The normalized spacial score (nSPS) is 11.8. The lowest BCUT2D eigenvalue weighted by molar-refractivity contribution is 1.18. The summed E-state index contributed by atoms with van der Waals surface area (Å²) in [5.74, 6) is 0.449. The van der Waals surface area contributed by atoms with Gasteiger partial charge in [-0.05, 0) is 73.0 Å².